The van der Waals surface area contributed by atoms with Gasteiger partial charge in [0.2, 0.25) is 0 Å². The molecule has 0 aromatic heterocycles. The van der Waals surface area contributed by atoms with E-state index in [1.165, 1.54) is 0 Å². The van der Waals surface area contributed by atoms with Crippen molar-refractivity contribution < 1.29 is 9.53 Å². The minimum Gasteiger partial charge on any atom is -0.475 e. The smallest absolute Gasteiger partial charge is 0.190 e. The van der Waals surface area contributed by atoms with E-state index in [2.05, 4.69) is 40.7 Å². The van der Waals surface area contributed by atoms with Crippen LogP contribution in [0.4, 0.5) is 0 Å². The summed E-state index contributed by atoms with van der Waals surface area (Å²) in [5, 5.41) is 0. The third-order valence-electron chi connectivity index (χ3n) is 5.45. The second-order valence-corrected chi connectivity index (χ2v) is 7.31. The van der Waals surface area contributed by atoms with E-state index in [0.29, 0.717) is 5.92 Å². The summed E-state index contributed by atoms with van der Waals surface area (Å²) in [6.45, 7) is 12.5. The second-order valence-electron chi connectivity index (χ2n) is 7.31. The molecule has 1 aromatic carbocycles. The number of hydrogen-bond acceptors (Lipinski definition) is 2. The van der Waals surface area contributed by atoms with Crippen LogP contribution >= 0.6 is 0 Å². The van der Waals surface area contributed by atoms with Gasteiger partial charge in [0.1, 0.15) is 5.75 Å². The maximum Gasteiger partial charge on any atom is 0.190 e. The van der Waals surface area contributed by atoms with Gasteiger partial charge in [0.05, 0.1) is 0 Å². The van der Waals surface area contributed by atoms with Crippen LogP contribution in [0.2, 0.25) is 0 Å². The molecular formula is C19H26O2. The molecule has 1 aliphatic rings. The average molecular weight is 286 g/mol. The summed E-state index contributed by atoms with van der Waals surface area (Å²) in [6, 6.07) is 9.60. The topological polar surface area (TPSA) is 26.3 Å². The first-order valence-corrected chi connectivity index (χ1v) is 7.59. The fraction of sp³-hybridized carbons (Fsp3) is 0.526. The molecule has 0 amide bonds. The Balaban J connectivity index is 2.55. The Labute approximate surface area is 128 Å². The van der Waals surface area contributed by atoms with Crippen LogP contribution in [0.3, 0.4) is 0 Å². The molecule has 2 nitrogen and oxygen atoms in total. The first-order valence-electron chi connectivity index (χ1n) is 7.59. The highest BCUT2D eigenvalue weighted by Crippen LogP contribution is 2.53. The van der Waals surface area contributed by atoms with Crippen LogP contribution < -0.4 is 4.74 Å². The maximum absolute atomic E-state index is 12.5. The van der Waals surface area contributed by atoms with E-state index in [9.17, 15) is 4.79 Å². The van der Waals surface area contributed by atoms with Crippen LogP contribution in [-0.2, 0) is 4.79 Å². The molecule has 1 aromatic rings. The molecule has 0 bridgehead atoms. The molecule has 2 unspecified atom stereocenters. The van der Waals surface area contributed by atoms with Crippen molar-refractivity contribution in [2.45, 2.75) is 47.1 Å². The molecular weight excluding hydrogens is 260 g/mol. The van der Waals surface area contributed by atoms with Gasteiger partial charge in [-0.1, -0.05) is 58.9 Å². The number of allylic oxidation sites excluding steroid dienone is 1. The fourth-order valence-corrected chi connectivity index (χ4v) is 3.43. The molecule has 0 radical (unpaired) electrons. The van der Waals surface area contributed by atoms with Crippen LogP contribution in [0.25, 0.3) is 0 Å². The van der Waals surface area contributed by atoms with E-state index in [-0.39, 0.29) is 16.6 Å². The number of Topliss-reactive ketones (excluding diaryl/α,β-unsaturated/α-hetero) is 1. The summed E-state index contributed by atoms with van der Waals surface area (Å²) >= 11 is 0. The molecule has 1 aliphatic carbocycles. The summed E-state index contributed by atoms with van der Waals surface area (Å²) < 4.78 is 6.25. The van der Waals surface area contributed by atoms with Gasteiger partial charge in [-0.2, -0.15) is 0 Å². The average Bonchev–Trinajstić information content (AvgIpc) is 2.41. The van der Waals surface area contributed by atoms with Gasteiger partial charge < -0.3 is 4.74 Å². The molecule has 0 saturated carbocycles. The highest BCUT2D eigenvalue weighted by atomic mass is 16.5. The number of hydrogen-bond donors (Lipinski definition) is 0. The Morgan fingerprint density at radius 2 is 1.62 bits per heavy atom. The normalized spacial score (nSPS) is 29.9. The van der Waals surface area contributed by atoms with Gasteiger partial charge in [-0.15, -0.1) is 0 Å². The lowest BCUT2D eigenvalue weighted by atomic mass is 9.54. The number of carbonyl (C=O) groups excluding carboxylic acids is 1. The lowest BCUT2D eigenvalue weighted by molar-refractivity contribution is -0.145. The lowest BCUT2D eigenvalue weighted by Crippen LogP contribution is -2.60. The molecule has 2 heteroatoms. The van der Waals surface area contributed by atoms with E-state index in [0.717, 1.165) is 5.75 Å². The van der Waals surface area contributed by atoms with E-state index in [4.69, 9.17) is 4.74 Å². The Morgan fingerprint density at radius 1 is 1.05 bits per heavy atom. The fourth-order valence-electron chi connectivity index (χ4n) is 3.43. The molecule has 0 heterocycles. The standard InChI is InChI=1S/C19H26O2/c1-14-17(3,4)12-13-19(15(2)20,18(14,5)6)21-16-10-8-7-9-11-16/h7-14H,1-6H3. The Kier molecular flexibility index (Phi) is 3.77. The van der Waals surface area contributed by atoms with Gasteiger partial charge >= 0.3 is 0 Å². The van der Waals surface area contributed by atoms with Crippen LogP contribution in [0.1, 0.15) is 41.5 Å². The number of rotatable bonds is 3. The van der Waals surface area contributed by atoms with Crippen molar-refractivity contribution in [1.82, 2.24) is 0 Å². The first-order chi connectivity index (χ1) is 9.63. The number of ketones is 1. The monoisotopic (exact) mass is 286 g/mol. The quantitative estimate of drug-likeness (QED) is 0.756. The maximum atomic E-state index is 12.5. The first kappa shape index (κ1) is 15.8. The highest BCUT2D eigenvalue weighted by Gasteiger charge is 2.57. The van der Waals surface area contributed by atoms with E-state index >= 15 is 0 Å². The molecule has 0 aliphatic heterocycles. The largest absolute Gasteiger partial charge is 0.475 e. The van der Waals surface area contributed by atoms with E-state index in [1.54, 1.807) is 6.92 Å². The van der Waals surface area contributed by atoms with Crippen LogP contribution in [0.5, 0.6) is 5.75 Å². The molecule has 21 heavy (non-hydrogen) atoms. The number of para-hydroxylation sites is 1. The zero-order valence-corrected chi connectivity index (χ0v) is 13.9. The van der Waals surface area contributed by atoms with Crippen LogP contribution in [0, 0.1) is 16.7 Å². The second kappa shape index (κ2) is 5.01. The Morgan fingerprint density at radius 3 is 2.14 bits per heavy atom. The van der Waals surface area contributed by atoms with Crippen molar-refractivity contribution in [3.63, 3.8) is 0 Å². The third-order valence-corrected chi connectivity index (χ3v) is 5.45. The molecule has 2 rings (SSSR count). The van der Waals surface area contributed by atoms with Gasteiger partial charge in [-0.25, -0.2) is 0 Å². The molecule has 0 fully saturated rings. The van der Waals surface area contributed by atoms with Crippen molar-refractivity contribution >= 4 is 5.78 Å². The van der Waals surface area contributed by atoms with Crippen molar-refractivity contribution in [2.75, 3.05) is 0 Å². The molecule has 0 N–H and O–H groups in total. The zero-order valence-electron chi connectivity index (χ0n) is 13.9. The van der Waals surface area contributed by atoms with Crippen molar-refractivity contribution in [3.05, 3.63) is 42.5 Å². The lowest BCUT2D eigenvalue weighted by Gasteiger charge is -2.54. The number of benzene rings is 1. The summed E-state index contributed by atoms with van der Waals surface area (Å²) in [6.07, 6.45) is 4.11. The van der Waals surface area contributed by atoms with Crippen molar-refractivity contribution in [2.24, 2.45) is 16.7 Å². The molecule has 0 spiro atoms. The minimum absolute atomic E-state index is 0.0441. The van der Waals surface area contributed by atoms with Crippen LogP contribution in [0.15, 0.2) is 42.5 Å². The zero-order chi connectivity index (χ0) is 15.9. The van der Waals surface area contributed by atoms with Gasteiger partial charge in [-0.3, -0.25) is 4.79 Å². The Bertz CT molecular complexity index is 554. The minimum atomic E-state index is -0.913. The molecule has 0 saturated heterocycles. The van der Waals surface area contributed by atoms with E-state index < -0.39 is 5.60 Å². The molecule has 2 atom stereocenters. The van der Waals surface area contributed by atoms with E-state index in [1.807, 2.05) is 36.4 Å². The highest BCUT2D eigenvalue weighted by molar-refractivity contribution is 5.89. The SMILES string of the molecule is CC(=O)C1(Oc2ccccc2)C=CC(C)(C)C(C)C1(C)C. The number of ether oxygens (including phenoxy) is 1. The Hall–Kier alpha value is -1.57. The van der Waals surface area contributed by atoms with Crippen molar-refractivity contribution in [3.8, 4) is 5.75 Å². The van der Waals surface area contributed by atoms with Crippen LogP contribution in [-0.4, -0.2) is 11.4 Å². The molecule has 114 valence electrons. The predicted molar refractivity (Wildman–Crippen MR) is 86.3 cm³/mol. The van der Waals surface area contributed by atoms with Gasteiger partial charge in [0.15, 0.2) is 11.4 Å². The summed E-state index contributed by atoms with van der Waals surface area (Å²) in [5.74, 6) is 1.09. The van der Waals surface area contributed by atoms with Gasteiger partial charge in [-0.05, 0) is 36.5 Å². The van der Waals surface area contributed by atoms with Crippen molar-refractivity contribution in [1.29, 1.82) is 0 Å². The van der Waals surface area contributed by atoms with Gasteiger partial charge in [0, 0.05) is 5.41 Å². The summed E-state index contributed by atoms with van der Waals surface area (Å²) in [5.41, 5.74) is -1.17. The van der Waals surface area contributed by atoms with Gasteiger partial charge in [0.25, 0.3) is 0 Å². The summed E-state index contributed by atoms with van der Waals surface area (Å²) in [4.78, 5) is 12.5. The predicted octanol–water partition coefficient (Wildman–Crippen LogP) is 4.65. The summed E-state index contributed by atoms with van der Waals surface area (Å²) in [7, 11) is 0. The number of carbonyl (C=O) groups is 1. The third kappa shape index (κ3) is 2.41.